The van der Waals surface area contributed by atoms with Gasteiger partial charge in [-0.25, -0.2) is 0 Å². The molecule has 0 fully saturated rings. The largest absolute Gasteiger partial charge is 0.495 e. The molecule has 1 amide bonds. The van der Waals surface area contributed by atoms with Crippen molar-refractivity contribution in [2.75, 3.05) is 17.8 Å². The lowest BCUT2D eigenvalue weighted by atomic mass is 10.3. The van der Waals surface area contributed by atoms with Crippen LogP contribution in [0.3, 0.4) is 0 Å². The number of alkyl halides is 1. The highest BCUT2D eigenvalue weighted by Gasteiger charge is 2.04. The zero-order valence-electron chi connectivity index (χ0n) is 8.22. The van der Waals surface area contributed by atoms with Crippen molar-refractivity contribution in [3.63, 3.8) is 0 Å². The molecule has 1 N–H and O–H groups in total. The lowest BCUT2D eigenvalue weighted by molar-refractivity contribution is -0.115. The van der Waals surface area contributed by atoms with Crippen LogP contribution in [0.25, 0.3) is 0 Å². The van der Waals surface area contributed by atoms with Gasteiger partial charge in [0.1, 0.15) is 5.75 Å². The van der Waals surface area contributed by atoms with E-state index in [1.165, 1.54) is 0 Å². The molecule has 15 heavy (non-hydrogen) atoms. The number of ether oxygens (including phenoxy) is 1. The van der Waals surface area contributed by atoms with Crippen LogP contribution in [0.1, 0.15) is 6.42 Å². The van der Waals surface area contributed by atoms with E-state index in [1.54, 1.807) is 25.3 Å². The fraction of sp³-hybridized carbons (Fsp3) is 0.300. The summed E-state index contributed by atoms with van der Waals surface area (Å²) in [6.45, 7) is 0. The van der Waals surface area contributed by atoms with Gasteiger partial charge in [-0.05, 0) is 18.2 Å². The van der Waals surface area contributed by atoms with Crippen LogP contribution < -0.4 is 10.1 Å². The highest BCUT2D eigenvalue weighted by molar-refractivity contribution is 9.09. The lowest BCUT2D eigenvalue weighted by Crippen LogP contribution is -2.11. The predicted molar refractivity (Wildman–Crippen MR) is 65.0 cm³/mol. The maximum absolute atomic E-state index is 11.3. The van der Waals surface area contributed by atoms with E-state index < -0.39 is 0 Å². The summed E-state index contributed by atoms with van der Waals surface area (Å²) in [5, 5.41) is 3.85. The fourth-order valence-corrected chi connectivity index (χ4v) is 1.67. The number of hydrogen-bond acceptors (Lipinski definition) is 2. The van der Waals surface area contributed by atoms with Gasteiger partial charge in [-0.2, -0.15) is 0 Å². The van der Waals surface area contributed by atoms with Gasteiger partial charge >= 0.3 is 0 Å². The molecule has 1 aromatic rings. The first-order valence-corrected chi connectivity index (χ1v) is 5.86. The van der Waals surface area contributed by atoms with Gasteiger partial charge < -0.3 is 10.1 Å². The van der Waals surface area contributed by atoms with Crippen LogP contribution in [0.15, 0.2) is 18.2 Å². The first-order valence-electron chi connectivity index (χ1n) is 4.36. The monoisotopic (exact) mass is 291 g/mol. The molecule has 0 aliphatic rings. The summed E-state index contributed by atoms with van der Waals surface area (Å²) in [5.74, 6) is 0.545. The summed E-state index contributed by atoms with van der Waals surface area (Å²) in [7, 11) is 1.55. The molecule has 0 spiro atoms. The summed E-state index contributed by atoms with van der Waals surface area (Å²) in [6, 6.07) is 5.12. The van der Waals surface area contributed by atoms with Gasteiger partial charge in [-0.15, -0.1) is 0 Å². The number of anilines is 1. The van der Waals surface area contributed by atoms with Gasteiger partial charge in [0.15, 0.2) is 0 Å². The molecule has 0 unspecified atom stereocenters. The number of halogens is 2. The van der Waals surface area contributed by atoms with Crippen molar-refractivity contribution in [3.05, 3.63) is 23.2 Å². The van der Waals surface area contributed by atoms with E-state index in [1.807, 2.05) is 0 Å². The smallest absolute Gasteiger partial charge is 0.225 e. The fourth-order valence-electron chi connectivity index (χ4n) is 1.05. The van der Waals surface area contributed by atoms with Crippen molar-refractivity contribution in [3.8, 4) is 5.75 Å². The minimum atomic E-state index is -0.0480. The predicted octanol–water partition coefficient (Wildman–Crippen LogP) is 3.07. The normalized spacial score (nSPS) is 9.80. The third-order valence-electron chi connectivity index (χ3n) is 1.76. The molecule has 1 rings (SSSR count). The van der Waals surface area contributed by atoms with Crippen LogP contribution in [-0.2, 0) is 4.79 Å². The highest BCUT2D eigenvalue weighted by Crippen LogP contribution is 2.27. The Labute approximate surface area is 102 Å². The Bertz CT molecular complexity index is 357. The van der Waals surface area contributed by atoms with Crippen LogP contribution in [0.4, 0.5) is 5.69 Å². The molecule has 0 saturated carbocycles. The van der Waals surface area contributed by atoms with Crippen molar-refractivity contribution in [2.24, 2.45) is 0 Å². The van der Waals surface area contributed by atoms with E-state index in [-0.39, 0.29) is 5.91 Å². The molecule has 0 atom stereocenters. The molecule has 0 heterocycles. The molecule has 0 aromatic heterocycles. The third-order valence-corrected chi connectivity index (χ3v) is 2.45. The summed E-state index contributed by atoms with van der Waals surface area (Å²) < 4.78 is 5.00. The second-order valence-corrected chi connectivity index (χ2v) is 4.04. The first-order chi connectivity index (χ1) is 7.17. The molecule has 3 nitrogen and oxygen atoms in total. The van der Waals surface area contributed by atoms with Crippen molar-refractivity contribution in [1.29, 1.82) is 0 Å². The second kappa shape index (κ2) is 5.98. The van der Waals surface area contributed by atoms with E-state index >= 15 is 0 Å². The topological polar surface area (TPSA) is 38.3 Å². The van der Waals surface area contributed by atoms with Crippen LogP contribution >= 0.6 is 27.5 Å². The van der Waals surface area contributed by atoms with Gasteiger partial charge in [-0.1, -0.05) is 27.5 Å². The Hall–Kier alpha value is -0.740. The van der Waals surface area contributed by atoms with Crippen molar-refractivity contribution < 1.29 is 9.53 Å². The van der Waals surface area contributed by atoms with Crippen molar-refractivity contribution in [1.82, 2.24) is 0 Å². The van der Waals surface area contributed by atoms with E-state index in [2.05, 4.69) is 21.2 Å². The lowest BCUT2D eigenvalue weighted by Gasteiger charge is -2.07. The average molecular weight is 293 g/mol. The van der Waals surface area contributed by atoms with E-state index in [4.69, 9.17) is 16.3 Å². The molecule has 82 valence electrons. The standard InChI is InChI=1S/C10H11BrClNO2/c1-15-9-3-2-7(6-8(9)12)13-10(14)4-5-11/h2-3,6H,4-5H2,1H3,(H,13,14). The number of carbonyl (C=O) groups is 1. The van der Waals surface area contributed by atoms with Crippen LogP contribution in [0.2, 0.25) is 5.02 Å². The number of hydrogen-bond donors (Lipinski definition) is 1. The second-order valence-electron chi connectivity index (χ2n) is 2.84. The summed E-state index contributed by atoms with van der Waals surface area (Å²) in [5.41, 5.74) is 0.673. The summed E-state index contributed by atoms with van der Waals surface area (Å²) >= 11 is 9.10. The number of methoxy groups -OCH3 is 1. The van der Waals surface area contributed by atoms with Gasteiger partial charge in [0.2, 0.25) is 5.91 Å². The molecular weight excluding hydrogens is 281 g/mol. The zero-order chi connectivity index (χ0) is 11.3. The van der Waals surface area contributed by atoms with Crippen LogP contribution in [-0.4, -0.2) is 18.3 Å². The first kappa shape index (κ1) is 12.3. The zero-order valence-corrected chi connectivity index (χ0v) is 10.6. The molecule has 5 heteroatoms. The number of rotatable bonds is 4. The third kappa shape index (κ3) is 3.72. The summed E-state index contributed by atoms with van der Waals surface area (Å²) in [4.78, 5) is 11.3. The Morgan fingerprint density at radius 3 is 2.87 bits per heavy atom. The van der Waals surface area contributed by atoms with Gasteiger partial charge in [0.25, 0.3) is 0 Å². The Morgan fingerprint density at radius 2 is 2.33 bits per heavy atom. The number of carbonyl (C=O) groups excluding carboxylic acids is 1. The van der Waals surface area contributed by atoms with Crippen molar-refractivity contribution >= 4 is 39.1 Å². The van der Waals surface area contributed by atoms with Crippen LogP contribution in [0, 0.1) is 0 Å². The molecular formula is C10H11BrClNO2. The molecule has 0 saturated heterocycles. The summed E-state index contributed by atoms with van der Waals surface area (Å²) in [6.07, 6.45) is 0.434. The van der Waals surface area contributed by atoms with Crippen molar-refractivity contribution in [2.45, 2.75) is 6.42 Å². The number of benzene rings is 1. The minimum Gasteiger partial charge on any atom is -0.495 e. The van der Waals surface area contributed by atoms with Gasteiger partial charge in [0.05, 0.1) is 12.1 Å². The van der Waals surface area contributed by atoms with E-state index in [0.29, 0.717) is 28.2 Å². The number of nitrogens with one attached hydrogen (secondary N) is 1. The quantitative estimate of drug-likeness (QED) is 0.866. The maximum Gasteiger partial charge on any atom is 0.225 e. The Kier molecular flexibility index (Phi) is 4.91. The van der Waals surface area contributed by atoms with E-state index in [0.717, 1.165) is 0 Å². The Balaban J connectivity index is 2.71. The molecule has 1 aromatic carbocycles. The Morgan fingerprint density at radius 1 is 1.60 bits per heavy atom. The van der Waals surface area contributed by atoms with Gasteiger partial charge in [-0.3, -0.25) is 4.79 Å². The molecule has 0 aliphatic carbocycles. The van der Waals surface area contributed by atoms with Crippen LogP contribution in [0.5, 0.6) is 5.75 Å². The molecule has 0 radical (unpaired) electrons. The highest BCUT2D eigenvalue weighted by atomic mass is 79.9. The number of amides is 1. The molecule has 0 bridgehead atoms. The average Bonchev–Trinajstić information content (AvgIpc) is 2.18. The minimum absolute atomic E-state index is 0.0480. The SMILES string of the molecule is COc1ccc(NC(=O)CCBr)cc1Cl. The van der Waals surface area contributed by atoms with E-state index in [9.17, 15) is 4.79 Å². The molecule has 0 aliphatic heterocycles. The maximum atomic E-state index is 11.3. The van der Waals surface area contributed by atoms with Gasteiger partial charge in [0, 0.05) is 17.4 Å².